The Morgan fingerprint density at radius 2 is 2.33 bits per heavy atom. The van der Waals surface area contributed by atoms with Crippen molar-refractivity contribution in [2.24, 2.45) is 0 Å². The number of aromatic amines is 2. The van der Waals surface area contributed by atoms with E-state index < -0.39 is 0 Å². The van der Waals surface area contributed by atoms with Gasteiger partial charge in [0, 0.05) is 41.3 Å². The minimum absolute atomic E-state index is 0.533. The highest BCUT2D eigenvalue weighted by molar-refractivity contribution is 5.83. The molecule has 3 N–H and O–H groups in total. The van der Waals surface area contributed by atoms with Crippen LogP contribution in [0.15, 0.2) is 30.5 Å². The Morgan fingerprint density at radius 1 is 1.38 bits per heavy atom. The standard InChI is InChI=1S/C17H20N4/c1-11-3-2-4-16-15(11)7-14(20-16)10-18-13-6-5-12-9-19-21-17(12)8-13/h2-4,7,9,13,18,20H,5-6,8,10H2,1H3,(H,19,21). The fourth-order valence-electron chi connectivity index (χ4n) is 3.30. The maximum Gasteiger partial charge on any atom is 0.0522 e. The lowest BCUT2D eigenvalue weighted by atomic mass is 9.94. The average Bonchev–Trinajstić information content (AvgIpc) is 3.11. The zero-order chi connectivity index (χ0) is 14.2. The van der Waals surface area contributed by atoms with Gasteiger partial charge in [-0.25, -0.2) is 0 Å². The molecule has 3 aromatic rings. The lowest BCUT2D eigenvalue weighted by Gasteiger charge is -2.22. The Balaban J connectivity index is 1.45. The molecule has 0 aliphatic heterocycles. The monoisotopic (exact) mass is 280 g/mol. The predicted molar refractivity (Wildman–Crippen MR) is 84.3 cm³/mol. The summed E-state index contributed by atoms with van der Waals surface area (Å²) in [6.45, 7) is 3.05. The van der Waals surface area contributed by atoms with Gasteiger partial charge in [-0.15, -0.1) is 0 Å². The number of aromatic nitrogens is 3. The van der Waals surface area contributed by atoms with Crippen molar-refractivity contribution in [2.45, 2.75) is 38.8 Å². The van der Waals surface area contributed by atoms with Crippen molar-refractivity contribution < 1.29 is 0 Å². The second kappa shape index (κ2) is 5.04. The van der Waals surface area contributed by atoms with Gasteiger partial charge in [-0.05, 0) is 43.0 Å². The van der Waals surface area contributed by atoms with Crippen LogP contribution in [-0.4, -0.2) is 21.2 Å². The van der Waals surface area contributed by atoms with Crippen LogP contribution in [0.1, 0.15) is 28.9 Å². The van der Waals surface area contributed by atoms with Crippen LogP contribution in [0.2, 0.25) is 0 Å². The highest BCUT2D eigenvalue weighted by atomic mass is 15.1. The highest BCUT2D eigenvalue weighted by Crippen LogP contribution is 2.21. The molecule has 0 spiro atoms. The van der Waals surface area contributed by atoms with Gasteiger partial charge in [-0.1, -0.05) is 12.1 Å². The van der Waals surface area contributed by atoms with Gasteiger partial charge in [0.15, 0.2) is 0 Å². The first kappa shape index (κ1) is 12.7. The molecule has 1 aromatic carbocycles. The van der Waals surface area contributed by atoms with Gasteiger partial charge in [0.2, 0.25) is 0 Å². The van der Waals surface area contributed by atoms with E-state index in [1.165, 1.54) is 39.8 Å². The van der Waals surface area contributed by atoms with E-state index in [2.05, 4.69) is 51.7 Å². The number of nitrogens with zero attached hydrogens (tertiary/aromatic N) is 1. The van der Waals surface area contributed by atoms with Crippen LogP contribution in [0.4, 0.5) is 0 Å². The zero-order valence-electron chi connectivity index (χ0n) is 12.2. The molecule has 0 saturated carbocycles. The maximum atomic E-state index is 4.14. The van der Waals surface area contributed by atoms with Crippen LogP contribution in [0, 0.1) is 6.92 Å². The Hall–Kier alpha value is -2.07. The van der Waals surface area contributed by atoms with Crippen LogP contribution in [-0.2, 0) is 19.4 Å². The van der Waals surface area contributed by atoms with E-state index >= 15 is 0 Å². The molecule has 108 valence electrons. The molecule has 1 atom stereocenters. The van der Waals surface area contributed by atoms with Gasteiger partial charge in [-0.3, -0.25) is 5.10 Å². The fourth-order valence-corrected chi connectivity index (χ4v) is 3.30. The van der Waals surface area contributed by atoms with Crippen molar-refractivity contribution in [3.05, 3.63) is 53.0 Å². The molecule has 1 unspecified atom stereocenters. The van der Waals surface area contributed by atoms with Crippen molar-refractivity contribution in [3.63, 3.8) is 0 Å². The predicted octanol–water partition coefficient (Wildman–Crippen LogP) is 2.85. The molecule has 0 bridgehead atoms. The van der Waals surface area contributed by atoms with Gasteiger partial charge < -0.3 is 10.3 Å². The minimum atomic E-state index is 0.533. The lowest BCUT2D eigenvalue weighted by molar-refractivity contribution is 0.451. The quantitative estimate of drug-likeness (QED) is 0.691. The third kappa shape index (κ3) is 2.36. The third-order valence-corrected chi connectivity index (χ3v) is 4.54. The van der Waals surface area contributed by atoms with Crippen LogP contribution >= 0.6 is 0 Å². The Morgan fingerprint density at radius 3 is 3.24 bits per heavy atom. The van der Waals surface area contributed by atoms with E-state index in [-0.39, 0.29) is 0 Å². The Kier molecular flexibility index (Phi) is 3.04. The van der Waals surface area contributed by atoms with Crippen molar-refractivity contribution in [1.82, 2.24) is 20.5 Å². The smallest absolute Gasteiger partial charge is 0.0522 e. The molecule has 0 radical (unpaired) electrons. The number of hydrogen-bond donors (Lipinski definition) is 3. The first-order valence-corrected chi connectivity index (χ1v) is 7.61. The first-order valence-electron chi connectivity index (χ1n) is 7.61. The number of nitrogens with one attached hydrogen (secondary N) is 3. The minimum Gasteiger partial charge on any atom is -0.357 e. The van der Waals surface area contributed by atoms with Crippen molar-refractivity contribution in [2.75, 3.05) is 0 Å². The molecule has 1 aliphatic rings. The molecule has 2 aromatic heterocycles. The summed E-state index contributed by atoms with van der Waals surface area (Å²) in [7, 11) is 0. The van der Waals surface area contributed by atoms with Gasteiger partial charge >= 0.3 is 0 Å². The number of H-pyrrole nitrogens is 2. The molecule has 4 nitrogen and oxygen atoms in total. The van der Waals surface area contributed by atoms with Crippen molar-refractivity contribution in [1.29, 1.82) is 0 Å². The summed E-state index contributed by atoms with van der Waals surface area (Å²) in [5.74, 6) is 0. The SMILES string of the molecule is Cc1cccc2[nH]c(CNC3CCc4cn[nH]c4C3)cc12. The maximum absolute atomic E-state index is 4.14. The van der Waals surface area contributed by atoms with E-state index in [4.69, 9.17) is 0 Å². The van der Waals surface area contributed by atoms with Gasteiger partial charge in [-0.2, -0.15) is 5.10 Å². The number of hydrogen-bond acceptors (Lipinski definition) is 2. The van der Waals surface area contributed by atoms with Gasteiger partial charge in [0.1, 0.15) is 0 Å². The van der Waals surface area contributed by atoms with E-state index in [0.29, 0.717) is 6.04 Å². The summed E-state index contributed by atoms with van der Waals surface area (Å²) in [5.41, 5.74) is 6.50. The molecule has 2 heterocycles. The highest BCUT2D eigenvalue weighted by Gasteiger charge is 2.19. The fraction of sp³-hybridized carbons (Fsp3) is 0.353. The topological polar surface area (TPSA) is 56.5 Å². The zero-order valence-corrected chi connectivity index (χ0v) is 12.2. The summed E-state index contributed by atoms with van der Waals surface area (Å²) < 4.78 is 0. The van der Waals surface area contributed by atoms with Crippen molar-refractivity contribution in [3.8, 4) is 0 Å². The lowest BCUT2D eigenvalue weighted by Crippen LogP contribution is -2.34. The summed E-state index contributed by atoms with van der Waals surface area (Å²) in [6.07, 6.45) is 5.32. The normalized spacial score (nSPS) is 18.0. The number of benzene rings is 1. The summed E-state index contributed by atoms with van der Waals surface area (Å²) in [5, 5.41) is 12.3. The van der Waals surface area contributed by atoms with E-state index in [0.717, 1.165) is 19.4 Å². The van der Waals surface area contributed by atoms with E-state index in [9.17, 15) is 0 Å². The van der Waals surface area contributed by atoms with E-state index in [1.807, 2.05) is 6.20 Å². The summed E-state index contributed by atoms with van der Waals surface area (Å²) >= 11 is 0. The molecule has 0 fully saturated rings. The van der Waals surface area contributed by atoms with Crippen molar-refractivity contribution >= 4 is 10.9 Å². The average molecular weight is 280 g/mol. The molecule has 0 amide bonds. The Labute approximate surface area is 124 Å². The summed E-state index contributed by atoms with van der Waals surface area (Å²) in [4.78, 5) is 3.51. The molecule has 21 heavy (non-hydrogen) atoms. The van der Waals surface area contributed by atoms with Crippen LogP contribution in [0.5, 0.6) is 0 Å². The molecule has 0 saturated heterocycles. The van der Waals surface area contributed by atoms with E-state index in [1.54, 1.807) is 0 Å². The van der Waals surface area contributed by atoms with Gasteiger partial charge in [0.25, 0.3) is 0 Å². The second-order valence-electron chi connectivity index (χ2n) is 6.03. The summed E-state index contributed by atoms with van der Waals surface area (Å²) in [6, 6.07) is 9.21. The largest absolute Gasteiger partial charge is 0.357 e. The van der Waals surface area contributed by atoms with Crippen LogP contribution in [0.25, 0.3) is 10.9 Å². The molecular weight excluding hydrogens is 260 g/mol. The van der Waals surface area contributed by atoms with Crippen LogP contribution < -0.4 is 5.32 Å². The molecular formula is C17H20N4. The number of rotatable bonds is 3. The molecule has 4 rings (SSSR count). The Bertz CT molecular complexity index is 768. The number of aryl methyl sites for hydroxylation is 2. The second-order valence-corrected chi connectivity index (χ2v) is 6.03. The van der Waals surface area contributed by atoms with Crippen LogP contribution in [0.3, 0.4) is 0 Å². The third-order valence-electron chi connectivity index (χ3n) is 4.54. The van der Waals surface area contributed by atoms with Gasteiger partial charge in [0.05, 0.1) is 6.20 Å². The first-order chi connectivity index (χ1) is 10.3. The molecule has 4 heteroatoms. The number of fused-ring (bicyclic) bond motifs is 2. The molecule has 1 aliphatic carbocycles.